The molecule has 0 saturated heterocycles. The lowest BCUT2D eigenvalue weighted by Gasteiger charge is -2.02. The number of nitrogens with zero attached hydrogens (tertiary/aromatic N) is 2. The van der Waals surface area contributed by atoms with Gasteiger partial charge in [0, 0.05) is 24.1 Å². The molecule has 0 N–H and O–H groups in total. The fourth-order valence-electron chi connectivity index (χ4n) is 1.16. The summed E-state index contributed by atoms with van der Waals surface area (Å²) >= 11 is 1.49. The molecule has 0 fully saturated rings. The first kappa shape index (κ1) is 9.98. The zero-order valence-electron chi connectivity index (χ0n) is 8.04. The van der Waals surface area contributed by atoms with E-state index in [-0.39, 0.29) is 0 Å². The van der Waals surface area contributed by atoms with Crippen molar-refractivity contribution in [2.45, 2.75) is 10.8 Å². The van der Waals surface area contributed by atoms with Gasteiger partial charge in [-0.2, -0.15) is 4.73 Å². The SMILES string of the molecule is [O-][n+]1ccccc1SCc1ccccn1. The smallest absolute Gasteiger partial charge is 0.251 e. The van der Waals surface area contributed by atoms with Crippen LogP contribution >= 0.6 is 11.8 Å². The molecule has 2 aromatic rings. The van der Waals surface area contributed by atoms with Crippen LogP contribution in [0.2, 0.25) is 0 Å². The summed E-state index contributed by atoms with van der Waals surface area (Å²) < 4.78 is 0.869. The first-order chi connectivity index (χ1) is 7.36. The first-order valence-corrected chi connectivity index (χ1v) is 5.56. The van der Waals surface area contributed by atoms with Crippen molar-refractivity contribution in [2.75, 3.05) is 0 Å². The van der Waals surface area contributed by atoms with Gasteiger partial charge in [0.2, 0.25) is 0 Å². The van der Waals surface area contributed by atoms with Crippen molar-refractivity contribution in [3.05, 3.63) is 59.7 Å². The van der Waals surface area contributed by atoms with Gasteiger partial charge in [-0.3, -0.25) is 4.98 Å². The highest BCUT2D eigenvalue weighted by molar-refractivity contribution is 7.98. The van der Waals surface area contributed by atoms with Gasteiger partial charge >= 0.3 is 0 Å². The highest BCUT2D eigenvalue weighted by atomic mass is 32.2. The van der Waals surface area contributed by atoms with Crippen molar-refractivity contribution in [1.82, 2.24) is 4.98 Å². The summed E-state index contributed by atoms with van der Waals surface area (Å²) in [7, 11) is 0. The van der Waals surface area contributed by atoms with Crippen LogP contribution < -0.4 is 4.73 Å². The molecule has 0 saturated carbocycles. The standard InChI is InChI=1S/C11H10N2OS/c14-13-8-4-2-6-11(13)15-9-10-5-1-3-7-12-10/h1-8H,9H2. The van der Waals surface area contributed by atoms with Gasteiger partial charge in [0.05, 0.1) is 5.69 Å². The van der Waals surface area contributed by atoms with Crippen LogP contribution in [-0.2, 0) is 5.75 Å². The highest BCUT2D eigenvalue weighted by Gasteiger charge is 2.04. The van der Waals surface area contributed by atoms with Crippen LogP contribution in [0.15, 0.2) is 53.8 Å². The van der Waals surface area contributed by atoms with Crippen molar-refractivity contribution < 1.29 is 4.73 Å². The molecule has 0 aliphatic carbocycles. The van der Waals surface area contributed by atoms with Gasteiger partial charge in [-0.05, 0) is 30.0 Å². The average Bonchev–Trinajstić information content (AvgIpc) is 2.29. The zero-order chi connectivity index (χ0) is 10.5. The molecule has 76 valence electrons. The van der Waals surface area contributed by atoms with Crippen molar-refractivity contribution in [3.63, 3.8) is 0 Å². The summed E-state index contributed by atoms with van der Waals surface area (Å²) in [4.78, 5) is 4.19. The van der Waals surface area contributed by atoms with Gasteiger partial charge in [0.1, 0.15) is 0 Å². The highest BCUT2D eigenvalue weighted by Crippen LogP contribution is 2.17. The Labute approximate surface area is 92.4 Å². The molecule has 15 heavy (non-hydrogen) atoms. The van der Waals surface area contributed by atoms with Crippen molar-refractivity contribution in [1.29, 1.82) is 0 Å². The van der Waals surface area contributed by atoms with Gasteiger partial charge in [0.25, 0.3) is 5.03 Å². The molecule has 0 unspecified atom stereocenters. The minimum absolute atomic E-state index is 0.697. The van der Waals surface area contributed by atoms with Crippen LogP contribution in [-0.4, -0.2) is 4.98 Å². The maximum absolute atomic E-state index is 11.3. The summed E-state index contributed by atoms with van der Waals surface area (Å²) in [5.41, 5.74) is 0.978. The van der Waals surface area contributed by atoms with E-state index in [9.17, 15) is 5.21 Å². The molecule has 0 amide bonds. The Kier molecular flexibility index (Phi) is 3.19. The Morgan fingerprint density at radius 2 is 2.07 bits per heavy atom. The van der Waals surface area contributed by atoms with E-state index in [0.717, 1.165) is 10.4 Å². The molecular formula is C11H10N2OS. The third-order valence-electron chi connectivity index (χ3n) is 1.88. The molecule has 2 heterocycles. The summed E-state index contributed by atoms with van der Waals surface area (Å²) in [6.45, 7) is 0. The minimum atomic E-state index is 0.697. The Balaban J connectivity index is 2.03. The second kappa shape index (κ2) is 4.79. The van der Waals surface area contributed by atoms with E-state index in [1.807, 2.05) is 24.3 Å². The van der Waals surface area contributed by atoms with Crippen LogP contribution in [0, 0.1) is 5.21 Å². The van der Waals surface area contributed by atoms with Crippen LogP contribution in [0.5, 0.6) is 0 Å². The van der Waals surface area contributed by atoms with E-state index >= 15 is 0 Å². The molecule has 3 nitrogen and oxygen atoms in total. The van der Waals surface area contributed by atoms with Gasteiger partial charge in [0.15, 0.2) is 6.20 Å². The molecule has 2 rings (SSSR count). The molecule has 0 aliphatic heterocycles. The topological polar surface area (TPSA) is 39.8 Å². The van der Waals surface area contributed by atoms with Gasteiger partial charge in [-0.25, -0.2) is 0 Å². The maximum atomic E-state index is 11.3. The molecule has 0 bridgehead atoms. The van der Waals surface area contributed by atoms with E-state index < -0.39 is 0 Å². The Morgan fingerprint density at radius 1 is 1.20 bits per heavy atom. The lowest BCUT2D eigenvalue weighted by Crippen LogP contribution is -2.27. The van der Waals surface area contributed by atoms with Crippen molar-refractivity contribution in [2.24, 2.45) is 0 Å². The van der Waals surface area contributed by atoms with Gasteiger partial charge < -0.3 is 5.21 Å². The first-order valence-electron chi connectivity index (χ1n) is 4.57. The Bertz CT molecular complexity index is 434. The summed E-state index contributed by atoms with van der Waals surface area (Å²) in [5.74, 6) is 0.715. The molecule has 0 aliphatic rings. The number of rotatable bonds is 3. The molecule has 0 spiro atoms. The monoisotopic (exact) mass is 218 g/mol. The van der Waals surface area contributed by atoms with Gasteiger partial charge in [-0.15, -0.1) is 0 Å². The molecule has 4 heteroatoms. The Morgan fingerprint density at radius 3 is 2.80 bits per heavy atom. The fraction of sp³-hybridized carbons (Fsp3) is 0.0909. The lowest BCUT2D eigenvalue weighted by molar-refractivity contribution is -0.645. The third-order valence-corrected chi connectivity index (χ3v) is 2.93. The Hall–Kier alpha value is -1.55. The second-order valence-electron chi connectivity index (χ2n) is 2.97. The quantitative estimate of drug-likeness (QED) is 0.449. The van der Waals surface area contributed by atoms with E-state index in [4.69, 9.17) is 0 Å². The lowest BCUT2D eigenvalue weighted by atomic mass is 10.4. The third kappa shape index (κ3) is 2.70. The number of thioether (sulfide) groups is 1. The van der Waals surface area contributed by atoms with Crippen LogP contribution in [0.3, 0.4) is 0 Å². The summed E-state index contributed by atoms with van der Waals surface area (Å²) in [6.07, 6.45) is 3.26. The predicted octanol–water partition coefficient (Wildman–Crippen LogP) is 2.01. The molecule has 2 aromatic heterocycles. The van der Waals surface area contributed by atoms with Crippen LogP contribution in [0.25, 0.3) is 0 Å². The van der Waals surface area contributed by atoms with Crippen LogP contribution in [0.4, 0.5) is 0 Å². The van der Waals surface area contributed by atoms with E-state index in [2.05, 4.69) is 4.98 Å². The normalized spacial score (nSPS) is 10.1. The minimum Gasteiger partial charge on any atom is -0.618 e. The molecule has 0 aromatic carbocycles. The summed E-state index contributed by atoms with van der Waals surface area (Å²) in [6, 6.07) is 11.2. The second-order valence-corrected chi connectivity index (χ2v) is 3.97. The average molecular weight is 218 g/mol. The molecular weight excluding hydrogens is 208 g/mol. The maximum Gasteiger partial charge on any atom is 0.251 e. The number of aromatic nitrogens is 2. The predicted molar refractivity (Wildman–Crippen MR) is 59.2 cm³/mol. The number of pyridine rings is 2. The largest absolute Gasteiger partial charge is 0.618 e. The van der Waals surface area contributed by atoms with E-state index in [1.54, 1.807) is 18.3 Å². The van der Waals surface area contributed by atoms with Crippen molar-refractivity contribution >= 4 is 11.8 Å². The van der Waals surface area contributed by atoms with Gasteiger partial charge in [-0.1, -0.05) is 6.07 Å². The van der Waals surface area contributed by atoms with E-state index in [0.29, 0.717) is 10.8 Å². The molecule has 0 atom stereocenters. The number of hydrogen-bond acceptors (Lipinski definition) is 3. The molecule has 0 radical (unpaired) electrons. The van der Waals surface area contributed by atoms with Crippen molar-refractivity contribution in [3.8, 4) is 0 Å². The van der Waals surface area contributed by atoms with Crippen LogP contribution in [0.1, 0.15) is 5.69 Å². The van der Waals surface area contributed by atoms with E-state index in [1.165, 1.54) is 18.0 Å². The number of hydrogen-bond donors (Lipinski definition) is 0. The fourth-order valence-corrected chi connectivity index (χ4v) is 1.99. The zero-order valence-corrected chi connectivity index (χ0v) is 8.85. The summed E-state index contributed by atoms with van der Waals surface area (Å²) in [5, 5.41) is 12.0.